The van der Waals surface area contributed by atoms with Crippen LogP contribution in [0.4, 0.5) is 0 Å². The van der Waals surface area contributed by atoms with Crippen molar-refractivity contribution in [3.05, 3.63) is 0 Å². The Bertz CT molecular complexity index is 246. The van der Waals surface area contributed by atoms with E-state index in [2.05, 4.69) is 4.74 Å². The SMILES string of the molecule is COC(=O)CCCCCCCCCCCCCCC1CC1. The van der Waals surface area contributed by atoms with E-state index in [0.717, 1.165) is 12.3 Å². The van der Waals surface area contributed by atoms with Crippen molar-refractivity contribution in [2.45, 2.75) is 103 Å². The summed E-state index contributed by atoms with van der Waals surface area (Å²) >= 11 is 0. The molecule has 0 saturated heterocycles. The molecular weight excluding hydrogens is 260 g/mol. The minimum atomic E-state index is -0.0628. The van der Waals surface area contributed by atoms with Gasteiger partial charge in [-0.25, -0.2) is 0 Å². The average Bonchev–Trinajstić information content (AvgIpc) is 3.31. The van der Waals surface area contributed by atoms with Crippen LogP contribution in [0.15, 0.2) is 0 Å². The first-order chi connectivity index (χ1) is 10.3. The van der Waals surface area contributed by atoms with Gasteiger partial charge in [-0.2, -0.15) is 0 Å². The van der Waals surface area contributed by atoms with Gasteiger partial charge in [-0.15, -0.1) is 0 Å². The number of hydrogen-bond acceptors (Lipinski definition) is 2. The lowest BCUT2D eigenvalue weighted by Crippen LogP contribution is -1.99. The molecule has 1 fully saturated rings. The second-order valence-corrected chi connectivity index (χ2v) is 6.80. The van der Waals surface area contributed by atoms with E-state index >= 15 is 0 Å². The van der Waals surface area contributed by atoms with Gasteiger partial charge in [0.25, 0.3) is 0 Å². The number of esters is 1. The van der Waals surface area contributed by atoms with Gasteiger partial charge in [0.2, 0.25) is 0 Å². The second kappa shape index (κ2) is 13.2. The molecule has 1 saturated carbocycles. The Morgan fingerprint density at radius 2 is 1.19 bits per heavy atom. The fourth-order valence-electron chi connectivity index (χ4n) is 2.98. The first-order valence-electron chi connectivity index (χ1n) is 9.39. The van der Waals surface area contributed by atoms with Crippen LogP contribution in [0.25, 0.3) is 0 Å². The molecule has 0 amide bonds. The molecule has 0 aromatic carbocycles. The molecule has 1 aliphatic rings. The summed E-state index contributed by atoms with van der Waals surface area (Å²) in [6, 6.07) is 0. The molecule has 0 radical (unpaired) electrons. The lowest BCUT2D eigenvalue weighted by Gasteiger charge is -2.03. The Morgan fingerprint density at radius 1 is 0.762 bits per heavy atom. The van der Waals surface area contributed by atoms with Gasteiger partial charge in [-0.05, 0) is 12.3 Å². The number of carbonyl (C=O) groups is 1. The standard InChI is InChI=1S/C19H36O2/c1-21-19(20)15-13-11-9-7-5-3-2-4-6-8-10-12-14-18-16-17-18/h18H,2-17H2,1H3. The molecule has 2 nitrogen and oxygen atoms in total. The summed E-state index contributed by atoms with van der Waals surface area (Å²) in [6.45, 7) is 0. The highest BCUT2D eigenvalue weighted by atomic mass is 16.5. The molecule has 124 valence electrons. The first-order valence-corrected chi connectivity index (χ1v) is 9.39. The molecule has 0 bridgehead atoms. The Hall–Kier alpha value is -0.530. The van der Waals surface area contributed by atoms with Crippen LogP contribution in [-0.4, -0.2) is 13.1 Å². The lowest BCUT2D eigenvalue weighted by atomic mass is 10.0. The summed E-state index contributed by atoms with van der Waals surface area (Å²) in [5.41, 5.74) is 0. The Kier molecular flexibility index (Phi) is 11.6. The van der Waals surface area contributed by atoms with Crippen LogP contribution in [0.3, 0.4) is 0 Å². The third-order valence-electron chi connectivity index (χ3n) is 4.67. The van der Waals surface area contributed by atoms with E-state index in [4.69, 9.17) is 0 Å². The summed E-state index contributed by atoms with van der Waals surface area (Å²) in [7, 11) is 1.47. The van der Waals surface area contributed by atoms with Crippen molar-refractivity contribution >= 4 is 5.97 Å². The van der Waals surface area contributed by atoms with Crippen LogP contribution in [0.2, 0.25) is 0 Å². The van der Waals surface area contributed by atoms with Crippen LogP contribution in [0.5, 0.6) is 0 Å². The number of methoxy groups -OCH3 is 1. The number of ether oxygens (including phenoxy) is 1. The third-order valence-corrected chi connectivity index (χ3v) is 4.67. The smallest absolute Gasteiger partial charge is 0.305 e. The van der Waals surface area contributed by atoms with E-state index in [1.165, 1.54) is 97.0 Å². The fraction of sp³-hybridized carbons (Fsp3) is 0.947. The zero-order valence-electron chi connectivity index (χ0n) is 14.2. The molecule has 0 aliphatic heterocycles. The zero-order chi connectivity index (χ0) is 15.2. The molecule has 0 N–H and O–H groups in total. The summed E-state index contributed by atoms with van der Waals surface area (Å²) in [5, 5.41) is 0. The topological polar surface area (TPSA) is 26.3 Å². The number of rotatable bonds is 15. The molecule has 0 atom stereocenters. The maximum Gasteiger partial charge on any atom is 0.305 e. The van der Waals surface area contributed by atoms with Gasteiger partial charge in [-0.1, -0.05) is 89.9 Å². The Balaban J connectivity index is 1.64. The maximum atomic E-state index is 10.9. The minimum Gasteiger partial charge on any atom is -0.469 e. The van der Waals surface area contributed by atoms with Crippen molar-refractivity contribution in [3.8, 4) is 0 Å². The van der Waals surface area contributed by atoms with Gasteiger partial charge in [0.05, 0.1) is 7.11 Å². The highest BCUT2D eigenvalue weighted by Crippen LogP contribution is 2.34. The lowest BCUT2D eigenvalue weighted by molar-refractivity contribution is -0.140. The van der Waals surface area contributed by atoms with Gasteiger partial charge in [-0.3, -0.25) is 4.79 Å². The number of hydrogen-bond donors (Lipinski definition) is 0. The van der Waals surface area contributed by atoms with E-state index in [1.54, 1.807) is 0 Å². The Labute approximate surface area is 132 Å². The van der Waals surface area contributed by atoms with Crippen LogP contribution >= 0.6 is 0 Å². The molecular formula is C19H36O2. The number of unbranched alkanes of at least 4 members (excludes halogenated alkanes) is 11. The van der Waals surface area contributed by atoms with Crippen molar-refractivity contribution in [2.75, 3.05) is 7.11 Å². The van der Waals surface area contributed by atoms with Crippen molar-refractivity contribution in [1.82, 2.24) is 0 Å². The normalized spacial score (nSPS) is 14.3. The summed E-state index contributed by atoms with van der Waals surface area (Å²) < 4.78 is 4.63. The van der Waals surface area contributed by atoms with Gasteiger partial charge >= 0.3 is 5.97 Å². The summed E-state index contributed by atoms with van der Waals surface area (Å²) in [5.74, 6) is 1.06. The van der Waals surface area contributed by atoms with Crippen LogP contribution in [-0.2, 0) is 9.53 Å². The van der Waals surface area contributed by atoms with E-state index < -0.39 is 0 Å². The molecule has 0 aromatic heterocycles. The third kappa shape index (κ3) is 12.9. The van der Waals surface area contributed by atoms with Crippen LogP contribution < -0.4 is 0 Å². The molecule has 0 aromatic rings. The monoisotopic (exact) mass is 296 g/mol. The molecule has 1 aliphatic carbocycles. The van der Waals surface area contributed by atoms with E-state index in [0.29, 0.717) is 6.42 Å². The largest absolute Gasteiger partial charge is 0.469 e. The van der Waals surface area contributed by atoms with E-state index in [1.807, 2.05) is 0 Å². The highest BCUT2D eigenvalue weighted by Gasteiger charge is 2.19. The predicted octanol–water partition coefficient (Wildman–Crippen LogP) is 6.03. The second-order valence-electron chi connectivity index (χ2n) is 6.80. The molecule has 21 heavy (non-hydrogen) atoms. The quantitative estimate of drug-likeness (QED) is 0.272. The van der Waals surface area contributed by atoms with Crippen molar-refractivity contribution < 1.29 is 9.53 Å². The molecule has 1 rings (SSSR count). The van der Waals surface area contributed by atoms with Gasteiger partial charge in [0, 0.05) is 6.42 Å². The van der Waals surface area contributed by atoms with E-state index in [9.17, 15) is 4.79 Å². The predicted molar refractivity (Wildman–Crippen MR) is 89.4 cm³/mol. The van der Waals surface area contributed by atoms with E-state index in [-0.39, 0.29) is 5.97 Å². The van der Waals surface area contributed by atoms with Gasteiger partial charge in [0.15, 0.2) is 0 Å². The fourth-order valence-corrected chi connectivity index (χ4v) is 2.98. The summed E-state index contributed by atoms with van der Waals surface area (Å²) in [4.78, 5) is 10.9. The minimum absolute atomic E-state index is 0.0628. The molecule has 0 spiro atoms. The van der Waals surface area contributed by atoms with Crippen molar-refractivity contribution in [2.24, 2.45) is 5.92 Å². The van der Waals surface area contributed by atoms with Gasteiger partial charge < -0.3 is 4.74 Å². The Morgan fingerprint density at radius 3 is 1.62 bits per heavy atom. The zero-order valence-corrected chi connectivity index (χ0v) is 14.2. The van der Waals surface area contributed by atoms with Crippen LogP contribution in [0, 0.1) is 5.92 Å². The summed E-state index contributed by atoms with van der Waals surface area (Å²) in [6.07, 6.45) is 21.4. The molecule has 2 heteroatoms. The van der Waals surface area contributed by atoms with Crippen molar-refractivity contribution in [1.29, 1.82) is 0 Å². The van der Waals surface area contributed by atoms with Crippen molar-refractivity contribution in [3.63, 3.8) is 0 Å². The average molecular weight is 296 g/mol. The first kappa shape index (κ1) is 18.5. The number of carbonyl (C=O) groups excluding carboxylic acids is 1. The molecule has 0 heterocycles. The van der Waals surface area contributed by atoms with Crippen LogP contribution in [0.1, 0.15) is 103 Å². The highest BCUT2D eigenvalue weighted by molar-refractivity contribution is 5.68. The molecule has 0 unspecified atom stereocenters. The maximum absolute atomic E-state index is 10.9. The van der Waals surface area contributed by atoms with Gasteiger partial charge in [0.1, 0.15) is 0 Å².